The molecular weight excluding hydrogens is 500 g/mol. The Balaban J connectivity index is 0.00000107. The summed E-state index contributed by atoms with van der Waals surface area (Å²) < 4.78 is 23.0. The van der Waals surface area contributed by atoms with Crippen molar-refractivity contribution in [2.24, 2.45) is 0 Å². The topological polar surface area (TPSA) is 99.8 Å². The van der Waals surface area contributed by atoms with E-state index in [1.54, 1.807) is 7.05 Å². The van der Waals surface area contributed by atoms with Gasteiger partial charge in [0.2, 0.25) is 0 Å². The van der Waals surface area contributed by atoms with E-state index in [1.807, 2.05) is 62.5 Å². The first kappa shape index (κ1) is 27.0. The molecule has 5 rings (SSSR count). The van der Waals surface area contributed by atoms with Crippen LogP contribution in [0.3, 0.4) is 0 Å². The first-order valence-corrected chi connectivity index (χ1v) is 12.9. The average Bonchev–Trinajstić information content (AvgIpc) is 3.72. The number of benzene rings is 3. The van der Waals surface area contributed by atoms with Gasteiger partial charge in [-0.15, -0.1) is 0 Å². The summed E-state index contributed by atoms with van der Waals surface area (Å²) in [5.74, 6) is 0.912. The van der Waals surface area contributed by atoms with Crippen LogP contribution in [-0.2, 0) is 11.6 Å². The third-order valence-corrected chi connectivity index (χ3v) is 6.84. The fourth-order valence-electron chi connectivity index (χ4n) is 4.57. The van der Waals surface area contributed by atoms with E-state index in [0.29, 0.717) is 28.4 Å². The lowest BCUT2D eigenvalue weighted by Crippen LogP contribution is -2.18. The molecule has 8 heteroatoms. The van der Waals surface area contributed by atoms with Gasteiger partial charge < -0.3 is 19.7 Å². The highest BCUT2D eigenvalue weighted by Gasteiger charge is 2.30. The normalized spacial score (nSPS) is 12.4. The Kier molecular flexibility index (Phi) is 8.24. The summed E-state index contributed by atoms with van der Waals surface area (Å²) in [6, 6.07) is 20.3. The average molecular weight is 531 g/mol. The monoisotopic (exact) mass is 530 g/mol. The van der Waals surface area contributed by atoms with Crippen LogP contribution in [0.5, 0.6) is 0 Å². The molecule has 0 atom stereocenters. The molecule has 1 aliphatic carbocycles. The van der Waals surface area contributed by atoms with Crippen molar-refractivity contribution >= 4 is 45.4 Å². The Bertz CT molecular complexity index is 1510. The van der Waals surface area contributed by atoms with Crippen LogP contribution in [0.15, 0.2) is 71.7 Å². The summed E-state index contributed by atoms with van der Waals surface area (Å²) in [7, 11) is 3.70. The molecule has 1 amide bonds. The van der Waals surface area contributed by atoms with Gasteiger partial charge in [-0.2, -0.15) is 8.42 Å². The molecule has 0 bridgehead atoms. The van der Waals surface area contributed by atoms with E-state index in [1.165, 1.54) is 5.56 Å². The highest BCUT2D eigenvalue weighted by Crippen LogP contribution is 2.48. The number of furan rings is 1. The zero-order valence-electron chi connectivity index (χ0n) is 21.6. The van der Waals surface area contributed by atoms with Crippen molar-refractivity contribution in [1.82, 2.24) is 5.32 Å². The zero-order valence-corrected chi connectivity index (χ0v) is 22.4. The standard InChI is InChI=1S/C30H30N2O3.O2S/c1-18-5-7-22(8-6-18)29-28(30(34)31-3)25-15-24(21-9-10-21)26(16-27(25)35-29)32(4)23-13-11-20(12-14-23)19(2)17-33;1-3-2/h5-8,11-16,21,33H,2,9-10,17H2,1,3-4H3,(H,31,34);. The molecule has 1 fully saturated rings. The van der Waals surface area contributed by atoms with Gasteiger partial charge in [-0.3, -0.25) is 4.79 Å². The molecular formula is C30H30N2O5S. The quantitative estimate of drug-likeness (QED) is 0.316. The van der Waals surface area contributed by atoms with Crippen molar-refractivity contribution in [2.75, 3.05) is 25.6 Å². The fraction of sp³-hybridized carbons (Fsp3) is 0.233. The molecule has 0 unspecified atom stereocenters. The molecule has 0 aliphatic heterocycles. The van der Waals surface area contributed by atoms with Crippen molar-refractivity contribution in [3.8, 4) is 11.3 Å². The predicted molar refractivity (Wildman–Crippen MR) is 151 cm³/mol. The lowest BCUT2D eigenvalue weighted by atomic mass is 9.99. The Morgan fingerprint density at radius 2 is 1.74 bits per heavy atom. The second-order valence-corrected chi connectivity index (χ2v) is 9.50. The van der Waals surface area contributed by atoms with E-state index < -0.39 is 11.6 Å². The molecule has 1 aliphatic rings. The molecule has 2 N–H and O–H groups in total. The second-order valence-electron chi connectivity index (χ2n) is 9.37. The van der Waals surface area contributed by atoms with Gasteiger partial charge in [-0.05, 0) is 60.6 Å². The number of amides is 1. The third kappa shape index (κ3) is 5.46. The van der Waals surface area contributed by atoms with Crippen molar-refractivity contribution in [2.45, 2.75) is 25.7 Å². The van der Waals surface area contributed by atoms with Gasteiger partial charge in [0, 0.05) is 42.5 Å². The van der Waals surface area contributed by atoms with Gasteiger partial charge >= 0.3 is 11.6 Å². The number of aliphatic hydroxyl groups excluding tert-OH is 1. The number of aryl methyl sites for hydroxylation is 1. The number of nitrogens with one attached hydrogen (secondary N) is 1. The summed E-state index contributed by atoms with van der Waals surface area (Å²) >= 11 is -0.750. The number of fused-ring (bicyclic) bond motifs is 1. The number of rotatable bonds is 7. The summed E-state index contributed by atoms with van der Waals surface area (Å²) in [4.78, 5) is 15.2. The van der Waals surface area contributed by atoms with Crippen LogP contribution in [-0.4, -0.2) is 40.1 Å². The molecule has 1 aromatic heterocycles. The van der Waals surface area contributed by atoms with Crippen molar-refractivity contribution in [1.29, 1.82) is 0 Å². The fourth-order valence-corrected chi connectivity index (χ4v) is 4.57. The van der Waals surface area contributed by atoms with Crippen molar-refractivity contribution < 1.29 is 22.7 Å². The van der Waals surface area contributed by atoms with E-state index in [9.17, 15) is 9.90 Å². The van der Waals surface area contributed by atoms with Crippen LogP contribution in [0.2, 0.25) is 0 Å². The highest BCUT2D eigenvalue weighted by molar-refractivity contribution is 7.51. The van der Waals surface area contributed by atoms with Crippen molar-refractivity contribution in [3.05, 3.63) is 89.5 Å². The van der Waals surface area contributed by atoms with E-state index in [4.69, 9.17) is 12.8 Å². The molecule has 0 radical (unpaired) electrons. The molecule has 196 valence electrons. The van der Waals surface area contributed by atoms with Crippen molar-refractivity contribution in [3.63, 3.8) is 0 Å². The number of nitrogens with zero attached hydrogens (tertiary/aromatic N) is 1. The predicted octanol–water partition coefficient (Wildman–Crippen LogP) is 5.75. The van der Waals surface area contributed by atoms with Gasteiger partial charge in [-0.1, -0.05) is 48.5 Å². The number of carbonyl (C=O) groups is 1. The Morgan fingerprint density at radius 1 is 1.11 bits per heavy atom. The number of hydrogen-bond donors (Lipinski definition) is 2. The van der Waals surface area contributed by atoms with Crippen LogP contribution < -0.4 is 10.2 Å². The van der Waals surface area contributed by atoms with Crippen LogP contribution in [0.1, 0.15) is 45.8 Å². The Morgan fingerprint density at radius 3 is 2.29 bits per heavy atom. The summed E-state index contributed by atoms with van der Waals surface area (Å²) in [5, 5.41) is 13.0. The number of hydrogen-bond acceptors (Lipinski definition) is 6. The number of aliphatic hydroxyl groups is 1. The van der Waals surface area contributed by atoms with E-state index in [2.05, 4.69) is 28.9 Å². The molecule has 1 saturated carbocycles. The summed E-state index contributed by atoms with van der Waals surface area (Å²) in [5.41, 5.74) is 8.24. The Hall–Kier alpha value is -4.01. The molecule has 7 nitrogen and oxygen atoms in total. The maximum atomic E-state index is 13.0. The Labute approximate surface area is 225 Å². The molecule has 4 aromatic rings. The third-order valence-electron chi connectivity index (χ3n) is 6.84. The highest BCUT2D eigenvalue weighted by atomic mass is 32.1. The minimum Gasteiger partial charge on any atom is -0.455 e. The SMILES string of the molecule is C=C(CO)c1ccc(N(C)c2cc3oc(-c4ccc(C)cc4)c(C(=O)NC)c3cc2C2CC2)cc1.O=S=O. The summed E-state index contributed by atoms with van der Waals surface area (Å²) in [6.07, 6.45) is 2.28. The molecule has 1 heterocycles. The van der Waals surface area contributed by atoms with Crippen LogP contribution in [0.25, 0.3) is 27.9 Å². The molecule has 38 heavy (non-hydrogen) atoms. The lowest BCUT2D eigenvalue weighted by molar-refractivity contribution is 0.0964. The van der Waals surface area contributed by atoms with Gasteiger partial charge in [-0.25, -0.2) is 0 Å². The maximum absolute atomic E-state index is 13.0. The summed E-state index contributed by atoms with van der Waals surface area (Å²) in [6.45, 7) is 5.89. The van der Waals surface area contributed by atoms with Crippen LogP contribution in [0.4, 0.5) is 11.4 Å². The van der Waals surface area contributed by atoms with Gasteiger partial charge in [0.05, 0.1) is 12.2 Å². The van der Waals surface area contributed by atoms with Crippen LogP contribution in [0, 0.1) is 6.92 Å². The first-order chi connectivity index (χ1) is 18.3. The first-order valence-electron chi connectivity index (χ1n) is 12.3. The molecule has 0 spiro atoms. The van der Waals surface area contributed by atoms with Gasteiger partial charge in [0.25, 0.3) is 5.91 Å². The lowest BCUT2D eigenvalue weighted by Gasteiger charge is -2.23. The van der Waals surface area contributed by atoms with Gasteiger partial charge in [0.1, 0.15) is 11.3 Å². The number of carbonyl (C=O) groups excluding carboxylic acids is 1. The maximum Gasteiger partial charge on any atom is 0.335 e. The van der Waals surface area contributed by atoms with Gasteiger partial charge in [0.15, 0.2) is 0 Å². The number of anilines is 2. The smallest absolute Gasteiger partial charge is 0.335 e. The van der Waals surface area contributed by atoms with E-state index in [-0.39, 0.29) is 12.5 Å². The largest absolute Gasteiger partial charge is 0.455 e. The second kappa shape index (κ2) is 11.6. The van der Waals surface area contributed by atoms with Crippen LogP contribution >= 0.6 is 0 Å². The molecule has 0 saturated heterocycles. The zero-order chi connectivity index (χ0) is 27.4. The minimum absolute atomic E-state index is 0.0623. The minimum atomic E-state index is -0.750. The van der Waals surface area contributed by atoms with E-state index in [0.717, 1.165) is 46.3 Å². The van der Waals surface area contributed by atoms with E-state index >= 15 is 0 Å². The molecule has 3 aromatic carbocycles.